The molecule has 23 heavy (non-hydrogen) atoms. The molecule has 0 radical (unpaired) electrons. The fourth-order valence-electron chi connectivity index (χ4n) is 4.47. The monoisotopic (exact) mass is 313 g/mol. The van der Waals surface area contributed by atoms with Crippen molar-refractivity contribution >= 4 is 11.7 Å². The second-order valence-electron chi connectivity index (χ2n) is 7.80. The van der Waals surface area contributed by atoms with Gasteiger partial charge < -0.3 is 4.74 Å². The van der Waals surface area contributed by atoms with E-state index >= 15 is 0 Å². The summed E-state index contributed by atoms with van der Waals surface area (Å²) in [5, 5.41) is 0. The maximum Gasteiger partial charge on any atom is 0.330 e. The van der Waals surface area contributed by atoms with Gasteiger partial charge in [0.05, 0.1) is 7.11 Å². The Labute approximate surface area is 139 Å². The Morgan fingerprint density at radius 2 is 2.00 bits per heavy atom. The van der Waals surface area contributed by atoms with Gasteiger partial charge in [0.2, 0.25) is 0 Å². The highest BCUT2D eigenvalue weighted by atomic mass is 16.5. The van der Waals surface area contributed by atoms with Crippen LogP contribution < -0.4 is 0 Å². The van der Waals surface area contributed by atoms with Gasteiger partial charge in [-0.2, -0.15) is 0 Å². The third-order valence-electron chi connectivity index (χ3n) is 6.57. The Kier molecular flexibility index (Phi) is 4.07. The smallest absolute Gasteiger partial charge is 0.330 e. The minimum absolute atomic E-state index is 0.126. The SMILES string of the molecule is COC(=O)[C@H](Cc1ccccc1)N=C1C[C@H]2CC[C@]1(C)C2(C)C. The summed E-state index contributed by atoms with van der Waals surface area (Å²) in [5.41, 5.74) is 2.75. The van der Waals surface area contributed by atoms with Gasteiger partial charge >= 0.3 is 5.97 Å². The quantitative estimate of drug-likeness (QED) is 0.786. The Hall–Kier alpha value is -1.64. The Morgan fingerprint density at radius 3 is 2.52 bits per heavy atom. The Bertz CT molecular complexity index is 620. The van der Waals surface area contributed by atoms with Crippen LogP contribution in [0.3, 0.4) is 0 Å². The van der Waals surface area contributed by atoms with E-state index in [4.69, 9.17) is 9.73 Å². The number of hydrogen-bond acceptors (Lipinski definition) is 3. The molecule has 0 amide bonds. The summed E-state index contributed by atoms with van der Waals surface area (Å²) in [6.07, 6.45) is 4.11. The number of ether oxygens (including phenoxy) is 1. The first-order valence-electron chi connectivity index (χ1n) is 8.57. The van der Waals surface area contributed by atoms with Crippen LogP contribution in [0.15, 0.2) is 35.3 Å². The van der Waals surface area contributed by atoms with Crippen LogP contribution in [0.4, 0.5) is 0 Å². The standard InChI is InChI=1S/C20H27NO2/c1-19(2)15-10-11-20(19,3)17(13-15)21-16(18(22)23-4)12-14-8-6-5-7-9-14/h5-9,15-16H,10-13H2,1-4H3/t15-,16+,20+/m1/s1. The molecule has 124 valence electrons. The highest BCUT2D eigenvalue weighted by molar-refractivity contribution is 5.96. The average Bonchev–Trinajstić information content (AvgIpc) is 2.88. The first-order chi connectivity index (χ1) is 10.9. The summed E-state index contributed by atoms with van der Waals surface area (Å²) in [7, 11) is 1.45. The molecule has 3 heteroatoms. The first kappa shape index (κ1) is 16.2. The van der Waals surface area contributed by atoms with Crippen LogP contribution in [0, 0.1) is 16.7 Å². The number of benzene rings is 1. The van der Waals surface area contributed by atoms with Gasteiger partial charge in [0, 0.05) is 17.5 Å². The van der Waals surface area contributed by atoms with Crippen molar-refractivity contribution in [3.8, 4) is 0 Å². The predicted molar refractivity (Wildman–Crippen MR) is 92.6 cm³/mol. The molecule has 0 unspecified atom stereocenters. The second kappa shape index (κ2) is 5.77. The molecule has 2 bridgehead atoms. The summed E-state index contributed by atoms with van der Waals surface area (Å²) >= 11 is 0. The number of aliphatic imine (C=N–C) groups is 1. The van der Waals surface area contributed by atoms with E-state index < -0.39 is 6.04 Å². The van der Waals surface area contributed by atoms with Crippen LogP contribution in [0.2, 0.25) is 0 Å². The number of carbonyl (C=O) groups is 1. The van der Waals surface area contributed by atoms with Gasteiger partial charge in [0.25, 0.3) is 0 Å². The Morgan fingerprint density at radius 1 is 1.30 bits per heavy atom. The lowest BCUT2D eigenvalue weighted by Gasteiger charge is -2.35. The van der Waals surface area contributed by atoms with E-state index in [1.807, 2.05) is 30.3 Å². The summed E-state index contributed by atoms with van der Waals surface area (Å²) in [4.78, 5) is 17.2. The number of rotatable bonds is 4. The molecule has 0 saturated heterocycles. The van der Waals surface area contributed by atoms with Gasteiger partial charge in [-0.1, -0.05) is 51.1 Å². The molecule has 2 aliphatic carbocycles. The van der Waals surface area contributed by atoms with Gasteiger partial charge in [-0.3, -0.25) is 4.99 Å². The Balaban J connectivity index is 1.89. The number of carbonyl (C=O) groups excluding carboxylic acids is 1. The molecule has 3 atom stereocenters. The zero-order valence-corrected chi connectivity index (χ0v) is 14.6. The van der Waals surface area contributed by atoms with Crippen molar-refractivity contribution in [3.05, 3.63) is 35.9 Å². The highest BCUT2D eigenvalue weighted by Crippen LogP contribution is 2.64. The van der Waals surface area contributed by atoms with Crippen LogP contribution in [-0.2, 0) is 16.0 Å². The van der Waals surface area contributed by atoms with E-state index in [0.29, 0.717) is 12.3 Å². The first-order valence-corrected chi connectivity index (χ1v) is 8.57. The molecule has 2 saturated carbocycles. The van der Waals surface area contributed by atoms with Crippen LogP contribution >= 0.6 is 0 Å². The molecular formula is C20H27NO2. The largest absolute Gasteiger partial charge is 0.467 e. The molecule has 1 aromatic rings. The lowest BCUT2D eigenvalue weighted by atomic mass is 9.70. The molecule has 0 aliphatic heterocycles. The van der Waals surface area contributed by atoms with Crippen LogP contribution in [0.25, 0.3) is 0 Å². The van der Waals surface area contributed by atoms with Crippen LogP contribution in [0.5, 0.6) is 0 Å². The van der Waals surface area contributed by atoms with E-state index in [9.17, 15) is 4.79 Å². The van der Waals surface area contributed by atoms with Crippen molar-refractivity contribution in [1.82, 2.24) is 0 Å². The molecule has 2 aliphatic rings. The third kappa shape index (κ3) is 2.60. The molecule has 0 spiro atoms. The maximum absolute atomic E-state index is 12.2. The lowest BCUT2D eigenvalue weighted by molar-refractivity contribution is -0.142. The number of methoxy groups -OCH3 is 1. The number of esters is 1. The average molecular weight is 313 g/mol. The minimum Gasteiger partial charge on any atom is -0.467 e. The fraction of sp³-hybridized carbons (Fsp3) is 0.600. The summed E-state index contributed by atoms with van der Waals surface area (Å²) in [6.45, 7) is 7.05. The zero-order valence-electron chi connectivity index (χ0n) is 14.6. The maximum atomic E-state index is 12.2. The molecule has 0 heterocycles. The van der Waals surface area contributed by atoms with Crippen molar-refractivity contribution in [1.29, 1.82) is 0 Å². The minimum atomic E-state index is -0.427. The van der Waals surface area contributed by atoms with E-state index in [0.717, 1.165) is 12.0 Å². The van der Waals surface area contributed by atoms with Gasteiger partial charge in [0.15, 0.2) is 6.04 Å². The summed E-state index contributed by atoms with van der Waals surface area (Å²) in [5.74, 6) is 0.465. The van der Waals surface area contributed by atoms with Crippen molar-refractivity contribution in [2.75, 3.05) is 7.11 Å². The molecule has 0 aromatic heterocycles. The summed E-state index contributed by atoms with van der Waals surface area (Å²) < 4.78 is 5.01. The zero-order chi connectivity index (χ0) is 16.7. The van der Waals surface area contributed by atoms with Gasteiger partial charge in [0.1, 0.15) is 0 Å². The number of hydrogen-bond donors (Lipinski definition) is 0. The number of fused-ring (bicyclic) bond motifs is 2. The van der Waals surface area contributed by atoms with Gasteiger partial charge in [-0.05, 0) is 36.2 Å². The fourth-order valence-corrected chi connectivity index (χ4v) is 4.47. The second-order valence-corrected chi connectivity index (χ2v) is 7.80. The predicted octanol–water partition coefficient (Wildman–Crippen LogP) is 4.06. The topological polar surface area (TPSA) is 38.7 Å². The van der Waals surface area contributed by atoms with Crippen molar-refractivity contribution in [2.24, 2.45) is 21.7 Å². The van der Waals surface area contributed by atoms with E-state index in [1.54, 1.807) is 0 Å². The molecular weight excluding hydrogens is 286 g/mol. The van der Waals surface area contributed by atoms with Crippen molar-refractivity contribution in [2.45, 2.75) is 52.5 Å². The van der Waals surface area contributed by atoms with Gasteiger partial charge in [-0.15, -0.1) is 0 Å². The van der Waals surface area contributed by atoms with Crippen LogP contribution in [-0.4, -0.2) is 24.8 Å². The molecule has 0 N–H and O–H groups in total. The number of nitrogens with zero attached hydrogens (tertiary/aromatic N) is 1. The van der Waals surface area contributed by atoms with Crippen molar-refractivity contribution in [3.63, 3.8) is 0 Å². The molecule has 1 aromatic carbocycles. The normalized spacial score (nSPS) is 31.3. The van der Waals surface area contributed by atoms with E-state index in [-0.39, 0.29) is 16.8 Å². The molecule has 3 nitrogen and oxygen atoms in total. The van der Waals surface area contributed by atoms with Gasteiger partial charge in [-0.25, -0.2) is 4.79 Å². The van der Waals surface area contributed by atoms with Crippen molar-refractivity contribution < 1.29 is 9.53 Å². The van der Waals surface area contributed by atoms with E-state index in [1.165, 1.54) is 25.7 Å². The highest BCUT2D eigenvalue weighted by Gasteiger charge is 2.59. The summed E-state index contributed by atoms with van der Waals surface area (Å²) in [6, 6.07) is 9.65. The van der Waals surface area contributed by atoms with Crippen LogP contribution in [0.1, 0.15) is 45.6 Å². The van der Waals surface area contributed by atoms with E-state index in [2.05, 4.69) is 20.8 Å². The molecule has 3 rings (SSSR count). The molecule has 2 fully saturated rings. The lowest BCUT2D eigenvalue weighted by Crippen LogP contribution is -2.34. The third-order valence-corrected chi connectivity index (χ3v) is 6.57.